The predicted octanol–water partition coefficient (Wildman–Crippen LogP) is 2.68. The topological polar surface area (TPSA) is 164 Å². The molecule has 43 heavy (non-hydrogen) atoms. The van der Waals surface area contributed by atoms with Crippen molar-refractivity contribution < 1.29 is 57.8 Å². The minimum Gasteiger partial charge on any atom is -0.504 e. The van der Waals surface area contributed by atoms with Crippen LogP contribution in [-0.2, 0) is 49.3 Å². The fraction of sp³-hybridized carbons (Fsp3) is 0.677. The zero-order chi connectivity index (χ0) is 31.2. The van der Waals surface area contributed by atoms with Crippen molar-refractivity contribution in [2.75, 3.05) is 7.11 Å². The van der Waals surface area contributed by atoms with Crippen molar-refractivity contribution in [2.45, 2.75) is 109 Å². The molecule has 0 aromatic heterocycles. The molecule has 3 aliphatic carbocycles. The molecule has 1 aromatic carbocycles. The lowest BCUT2D eigenvalue weighted by atomic mass is 9.55. The maximum Gasteiger partial charge on any atom is 0.339 e. The number of methoxy groups -OCH3 is 1. The molecule has 0 bridgehead atoms. The molecule has 2 N–H and O–H groups in total. The molecule has 1 aliphatic heterocycles. The Morgan fingerprint density at radius 3 is 2.21 bits per heavy atom. The number of carbonyl (C=O) groups is 4. The second-order valence-corrected chi connectivity index (χ2v) is 12.4. The van der Waals surface area contributed by atoms with E-state index in [1.807, 2.05) is 0 Å². The van der Waals surface area contributed by atoms with Crippen molar-refractivity contribution in [1.82, 2.24) is 0 Å². The van der Waals surface area contributed by atoms with Gasteiger partial charge in [0.2, 0.25) is 12.4 Å². The van der Waals surface area contributed by atoms with Crippen LogP contribution in [0.2, 0.25) is 0 Å². The number of esters is 4. The summed E-state index contributed by atoms with van der Waals surface area (Å²) in [5.74, 6) is -2.51. The normalized spacial score (nSPS) is 36.3. The Morgan fingerprint density at radius 2 is 1.56 bits per heavy atom. The highest BCUT2D eigenvalue weighted by molar-refractivity contribution is 5.77. The van der Waals surface area contributed by atoms with Gasteiger partial charge in [-0.3, -0.25) is 14.4 Å². The standard InChI is InChI=1S/C31H40O12/c1-14(32)39-25-26(40-15(2)33)28(41-16(3)34)30(43-27(25)29(37)38-5)42-23-13-20-17(12-22(23)35)6-7-19-18(20)10-11-31(4)21(19)8-9-24(31)36/h12-13,18-19,21,24-28,30,35-36H,6-11H2,1-5H3/t18-,19+,21-,24-,25-,26-,27-,28+,30+,31-/m0/s1. The molecule has 236 valence electrons. The number of aliphatic hydroxyl groups is 1. The summed E-state index contributed by atoms with van der Waals surface area (Å²) in [6.45, 7) is 5.53. The predicted molar refractivity (Wildman–Crippen MR) is 147 cm³/mol. The lowest BCUT2D eigenvalue weighted by molar-refractivity contribution is -0.282. The van der Waals surface area contributed by atoms with Gasteiger partial charge in [0.25, 0.3) is 0 Å². The average molecular weight is 605 g/mol. The first kappa shape index (κ1) is 31.1. The number of phenols is 1. The second-order valence-electron chi connectivity index (χ2n) is 12.4. The maximum atomic E-state index is 12.8. The summed E-state index contributed by atoms with van der Waals surface area (Å²) in [6.07, 6.45) is -2.69. The number of aryl methyl sites for hydroxylation is 1. The number of hydrogen-bond donors (Lipinski definition) is 2. The zero-order valence-electron chi connectivity index (χ0n) is 25.1. The monoisotopic (exact) mass is 604 g/mol. The summed E-state index contributed by atoms with van der Waals surface area (Å²) in [4.78, 5) is 49.0. The quantitative estimate of drug-likeness (QED) is 0.361. The molecule has 4 aliphatic rings. The van der Waals surface area contributed by atoms with Crippen LogP contribution in [0.4, 0.5) is 0 Å². The molecule has 0 unspecified atom stereocenters. The SMILES string of the molecule is COC(=O)[C@H]1O[C@@H](Oc2cc3c(cc2O)CC[C@@H]2[C@@H]3CC[C@]3(C)[C@@H](O)CC[C@@H]23)[C@H](OC(C)=O)[C@@H](OC(C)=O)[C@@H]1OC(C)=O. The first-order chi connectivity index (χ1) is 20.3. The molecule has 10 atom stereocenters. The van der Waals surface area contributed by atoms with E-state index in [9.17, 15) is 29.4 Å². The molecule has 0 spiro atoms. The van der Waals surface area contributed by atoms with Crippen molar-refractivity contribution >= 4 is 23.9 Å². The number of ether oxygens (including phenoxy) is 6. The van der Waals surface area contributed by atoms with Crippen molar-refractivity contribution in [3.63, 3.8) is 0 Å². The fourth-order valence-electron chi connectivity index (χ4n) is 7.95. The summed E-state index contributed by atoms with van der Waals surface area (Å²) < 4.78 is 33.0. The fourth-order valence-corrected chi connectivity index (χ4v) is 7.95. The van der Waals surface area contributed by atoms with Crippen LogP contribution in [-0.4, -0.2) is 78.0 Å². The van der Waals surface area contributed by atoms with Gasteiger partial charge in [0.15, 0.2) is 29.8 Å². The van der Waals surface area contributed by atoms with Crippen LogP contribution >= 0.6 is 0 Å². The number of rotatable bonds is 6. The second kappa shape index (κ2) is 12.0. The molecule has 5 rings (SSSR count). The van der Waals surface area contributed by atoms with E-state index in [0.29, 0.717) is 11.8 Å². The van der Waals surface area contributed by atoms with Crippen molar-refractivity contribution in [1.29, 1.82) is 0 Å². The maximum absolute atomic E-state index is 12.8. The van der Waals surface area contributed by atoms with Crippen LogP contribution in [0.15, 0.2) is 12.1 Å². The van der Waals surface area contributed by atoms with E-state index in [2.05, 4.69) is 6.92 Å². The number of aliphatic hydroxyl groups excluding tert-OH is 1. The summed E-state index contributed by atoms with van der Waals surface area (Å²) in [7, 11) is 1.11. The zero-order valence-corrected chi connectivity index (χ0v) is 25.1. The molecule has 3 fully saturated rings. The summed E-state index contributed by atoms with van der Waals surface area (Å²) in [5, 5.41) is 21.8. The van der Waals surface area contributed by atoms with E-state index in [0.717, 1.165) is 77.5 Å². The van der Waals surface area contributed by atoms with Gasteiger partial charge in [-0.25, -0.2) is 4.79 Å². The van der Waals surface area contributed by atoms with Crippen molar-refractivity contribution in [3.8, 4) is 11.5 Å². The number of fused-ring (bicyclic) bond motifs is 5. The molecule has 12 heteroatoms. The molecule has 12 nitrogen and oxygen atoms in total. The molecular formula is C31H40O12. The average Bonchev–Trinajstić information content (AvgIpc) is 3.24. The van der Waals surface area contributed by atoms with Crippen molar-refractivity contribution in [2.24, 2.45) is 17.3 Å². The molecule has 0 amide bonds. The number of hydrogen-bond acceptors (Lipinski definition) is 12. The van der Waals surface area contributed by atoms with E-state index >= 15 is 0 Å². The van der Waals surface area contributed by atoms with Gasteiger partial charge in [-0.2, -0.15) is 0 Å². The van der Waals surface area contributed by atoms with Gasteiger partial charge in [0.1, 0.15) is 0 Å². The molecule has 0 radical (unpaired) electrons. The van der Waals surface area contributed by atoms with E-state index < -0.39 is 54.6 Å². The van der Waals surface area contributed by atoms with Crippen molar-refractivity contribution in [3.05, 3.63) is 23.3 Å². The molecule has 1 heterocycles. The Balaban J connectivity index is 1.50. The smallest absolute Gasteiger partial charge is 0.339 e. The molecule has 2 saturated carbocycles. The molecule has 1 aromatic rings. The summed E-state index contributed by atoms with van der Waals surface area (Å²) in [6, 6.07) is 3.42. The Morgan fingerprint density at radius 1 is 0.907 bits per heavy atom. The van der Waals surface area contributed by atoms with Crippen LogP contribution in [0.1, 0.15) is 76.8 Å². The van der Waals surface area contributed by atoms with Crippen LogP contribution in [0.5, 0.6) is 11.5 Å². The number of phenolic OH excluding ortho intramolecular Hbond substituents is 1. The third-order valence-corrected chi connectivity index (χ3v) is 9.83. The van der Waals surface area contributed by atoms with E-state index in [-0.39, 0.29) is 28.9 Å². The third-order valence-electron chi connectivity index (χ3n) is 9.83. The van der Waals surface area contributed by atoms with Gasteiger partial charge >= 0.3 is 23.9 Å². The van der Waals surface area contributed by atoms with Gasteiger partial charge in [0.05, 0.1) is 13.2 Å². The molecular weight excluding hydrogens is 564 g/mol. The lowest BCUT2D eigenvalue weighted by Gasteiger charge is -2.50. The highest BCUT2D eigenvalue weighted by atomic mass is 16.7. The van der Waals surface area contributed by atoms with E-state index in [1.165, 1.54) is 0 Å². The Labute approximate surface area is 249 Å². The third kappa shape index (κ3) is 5.78. The van der Waals surface area contributed by atoms with Gasteiger partial charge in [0, 0.05) is 20.8 Å². The van der Waals surface area contributed by atoms with Gasteiger partial charge in [-0.15, -0.1) is 0 Å². The van der Waals surface area contributed by atoms with Crippen LogP contribution in [0.3, 0.4) is 0 Å². The van der Waals surface area contributed by atoms with Crippen LogP contribution in [0, 0.1) is 17.3 Å². The minimum atomic E-state index is -1.61. The first-order valence-corrected chi connectivity index (χ1v) is 14.8. The Bertz CT molecular complexity index is 1280. The van der Waals surface area contributed by atoms with Crippen LogP contribution in [0.25, 0.3) is 0 Å². The van der Waals surface area contributed by atoms with Crippen LogP contribution < -0.4 is 4.74 Å². The number of carbonyl (C=O) groups excluding carboxylic acids is 4. The number of aromatic hydroxyl groups is 1. The largest absolute Gasteiger partial charge is 0.504 e. The van der Waals surface area contributed by atoms with E-state index in [1.54, 1.807) is 12.1 Å². The van der Waals surface area contributed by atoms with Gasteiger partial charge < -0.3 is 38.6 Å². The summed E-state index contributed by atoms with van der Waals surface area (Å²) in [5.41, 5.74) is 1.94. The number of benzene rings is 1. The Hall–Kier alpha value is -3.38. The summed E-state index contributed by atoms with van der Waals surface area (Å²) >= 11 is 0. The highest BCUT2D eigenvalue weighted by Gasteiger charge is 2.57. The highest BCUT2D eigenvalue weighted by Crippen LogP contribution is 2.61. The van der Waals surface area contributed by atoms with E-state index in [4.69, 9.17) is 28.4 Å². The minimum absolute atomic E-state index is 0.0254. The molecule has 1 saturated heterocycles. The lowest BCUT2D eigenvalue weighted by Crippen LogP contribution is -2.64. The first-order valence-electron chi connectivity index (χ1n) is 14.8. The van der Waals surface area contributed by atoms with Gasteiger partial charge in [-0.05, 0) is 85.0 Å². The Kier molecular flexibility index (Phi) is 8.63. The van der Waals surface area contributed by atoms with Gasteiger partial charge in [-0.1, -0.05) is 6.92 Å².